The van der Waals surface area contributed by atoms with Crippen LogP contribution in [0.5, 0.6) is 0 Å². The highest BCUT2D eigenvalue weighted by Crippen LogP contribution is 2.46. The quantitative estimate of drug-likeness (QED) is 0.550. The number of hydrogen-bond donors (Lipinski definition) is 0. The van der Waals surface area contributed by atoms with Crippen LogP contribution in [0.15, 0.2) is 83.8 Å². The first-order valence-electron chi connectivity index (χ1n) is 10.2. The fourth-order valence-electron chi connectivity index (χ4n) is 4.29. The third-order valence-corrected chi connectivity index (χ3v) is 7.70. The highest BCUT2D eigenvalue weighted by Gasteiger charge is 2.43. The van der Waals surface area contributed by atoms with Gasteiger partial charge in [-0.25, -0.2) is 8.42 Å². The minimum Gasteiger partial charge on any atom is -0.469 e. The van der Waals surface area contributed by atoms with Crippen molar-refractivity contribution in [2.45, 2.75) is 36.7 Å². The number of benzene rings is 3. The maximum absolute atomic E-state index is 13.8. The lowest BCUT2D eigenvalue weighted by Crippen LogP contribution is -2.41. The lowest BCUT2D eigenvalue weighted by atomic mass is 9.79. The summed E-state index contributed by atoms with van der Waals surface area (Å²) in [4.78, 5) is 12.6. The molecule has 0 amide bonds. The summed E-state index contributed by atoms with van der Waals surface area (Å²) in [6.45, 7) is 2.16. The Hall–Kier alpha value is -2.96. The van der Waals surface area contributed by atoms with E-state index in [1.165, 1.54) is 11.4 Å². The van der Waals surface area contributed by atoms with Gasteiger partial charge in [0.25, 0.3) is 0 Å². The Labute approximate surface area is 183 Å². The van der Waals surface area contributed by atoms with Crippen LogP contribution in [-0.4, -0.2) is 25.8 Å². The summed E-state index contributed by atoms with van der Waals surface area (Å²) >= 11 is 0. The van der Waals surface area contributed by atoms with E-state index in [1.807, 2.05) is 61.5 Å². The van der Waals surface area contributed by atoms with Gasteiger partial charge in [-0.2, -0.15) is 4.31 Å². The van der Waals surface area contributed by atoms with Crippen molar-refractivity contribution in [2.75, 3.05) is 7.11 Å². The number of carbonyl (C=O) groups is 1. The second-order valence-corrected chi connectivity index (χ2v) is 9.69. The molecular formula is C25H25NO4S. The standard InChI is InChI=1S/C25H25NO4S/c1-18-12-14-21(15-13-18)31(28,29)26-17-20-10-6-7-11-22(20)23(16-24(27)30-2)25(26)19-8-4-3-5-9-19/h3-15,23,25H,16-17H2,1-2H3/t23-,25-/m0/s1. The molecule has 160 valence electrons. The highest BCUT2D eigenvalue weighted by molar-refractivity contribution is 7.89. The molecule has 3 aromatic carbocycles. The zero-order chi connectivity index (χ0) is 22.0. The van der Waals surface area contributed by atoms with Crippen LogP contribution in [0.3, 0.4) is 0 Å². The van der Waals surface area contributed by atoms with E-state index in [0.717, 1.165) is 22.3 Å². The summed E-state index contributed by atoms with van der Waals surface area (Å²) in [7, 11) is -2.46. The second kappa shape index (κ2) is 8.65. The van der Waals surface area contributed by atoms with Gasteiger partial charge in [0, 0.05) is 12.5 Å². The van der Waals surface area contributed by atoms with Crippen molar-refractivity contribution in [3.05, 3.63) is 101 Å². The van der Waals surface area contributed by atoms with E-state index in [0.29, 0.717) is 0 Å². The third-order valence-electron chi connectivity index (χ3n) is 5.86. The molecule has 0 radical (unpaired) electrons. The monoisotopic (exact) mass is 435 g/mol. The first-order valence-corrected chi connectivity index (χ1v) is 11.6. The molecule has 1 heterocycles. The second-order valence-electron chi connectivity index (χ2n) is 7.80. The Balaban J connectivity index is 1.90. The molecule has 0 fully saturated rings. The van der Waals surface area contributed by atoms with Crippen molar-refractivity contribution < 1.29 is 17.9 Å². The summed E-state index contributed by atoms with van der Waals surface area (Å²) < 4.78 is 34.1. The Kier molecular flexibility index (Phi) is 5.94. The molecule has 0 N–H and O–H groups in total. The van der Waals surface area contributed by atoms with Gasteiger partial charge >= 0.3 is 5.97 Å². The van der Waals surface area contributed by atoms with E-state index < -0.39 is 16.1 Å². The maximum Gasteiger partial charge on any atom is 0.306 e. The van der Waals surface area contributed by atoms with Crippen LogP contribution in [0.4, 0.5) is 0 Å². The number of esters is 1. The van der Waals surface area contributed by atoms with Crippen LogP contribution in [0, 0.1) is 6.92 Å². The fourth-order valence-corrected chi connectivity index (χ4v) is 5.92. The van der Waals surface area contributed by atoms with Crippen molar-refractivity contribution in [3.8, 4) is 0 Å². The van der Waals surface area contributed by atoms with Gasteiger partial charge in [0.2, 0.25) is 10.0 Å². The number of hydrogen-bond acceptors (Lipinski definition) is 4. The molecule has 2 atom stereocenters. The van der Waals surface area contributed by atoms with Crippen LogP contribution in [-0.2, 0) is 26.1 Å². The van der Waals surface area contributed by atoms with Gasteiger partial charge in [-0.1, -0.05) is 72.3 Å². The predicted octanol–water partition coefficient (Wildman–Crippen LogP) is 4.59. The fraction of sp³-hybridized carbons (Fsp3) is 0.240. The molecule has 31 heavy (non-hydrogen) atoms. The normalized spacial score (nSPS) is 18.9. The topological polar surface area (TPSA) is 63.7 Å². The Morgan fingerprint density at radius 2 is 1.61 bits per heavy atom. The molecule has 0 saturated heterocycles. The number of ether oxygens (including phenoxy) is 1. The number of sulfonamides is 1. The summed E-state index contributed by atoms with van der Waals surface area (Å²) in [6, 6.07) is 23.6. The average molecular weight is 436 g/mol. The van der Waals surface area contributed by atoms with Crippen molar-refractivity contribution in [1.82, 2.24) is 4.31 Å². The SMILES string of the molecule is COC(=O)C[C@H]1c2ccccc2CN(S(=O)(=O)c2ccc(C)cc2)[C@H]1c1ccccc1. The van der Waals surface area contributed by atoms with E-state index in [4.69, 9.17) is 4.74 Å². The van der Waals surface area contributed by atoms with Crippen LogP contribution in [0.2, 0.25) is 0 Å². The minimum atomic E-state index is -3.81. The minimum absolute atomic E-state index is 0.0903. The molecule has 0 aliphatic carbocycles. The smallest absolute Gasteiger partial charge is 0.306 e. The molecular weight excluding hydrogens is 410 g/mol. The third kappa shape index (κ3) is 4.13. The number of methoxy groups -OCH3 is 1. The predicted molar refractivity (Wildman–Crippen MR) is 119 cm³/mol. The molecule has 0 spiro atoms. The number of nitrogens with zero attached hydrogens (tertiary/aromatic N) is 1. The maximum atomic E-state index is 13.8. The van der Waals surface area contributed by atoms with Crippen molar-refractivity contribution in [1.29, 1.82) is 0 Å². The summed E-state index contributed by atoms with van der Waals surface area (Å²) in [5, 5.41) is 0. The van der Waals surface area contributed by atoms with Crippen LogP contribution in [0.25, 0.3) is 0 Å². The zero-order valence-electron chi connectivity index (χ0n) is 17.6. The first-order chi connectivity index (χ1) is 14.9. The molecule has 4 rings (SSSR count). The molecule has 6 heteroatoms. The lowest BCUT2D eigenvalue weighted by Gasteiger charge is -2.41. The van der Waals surface area contributed by atoms with Crippen molar-refractivity contribution in [3.63, 3.8) is 0 Å². The van der Waals surface area contributed by atoms with Gasteiger partial charge in [0.15, 0.2) is 0 Å². The van der Waals surface area contributed by atoms with Crippen LogP contribution in [0.1, 0.15) is 40.6 Å². The lowest BCUT2D eigenvalue weighted by molar-refractivity contribution is -0.141. The first kappa shape index (κ1) is 21.3. The van der Waals surface area contributed by atoms with Gasteiger partial charge in [-0.05, 0) is 35.7 Å². The number of fused-ring (bicyclic) bond motifs is 1. The summed E-state index contributed by atoms with van der Waals surface area (Å²) in [6.07, 6.45) is 0.0903. The zero-order valence-corrected chi connectivity index (χ0v) is 18.4. The Morgan fingerprint density at radius 1 is 0.968 bits per heavy atom. The number of carbonyl (C=O) groups excluding carboxylic acids is 1. The highest BCUT2D eigenvalue weighted by atomic mass is 32.2. The summed E-state index contributed by atoms with van der Waals surface area (Å²) in [5.74, 6) is -0.727. The number of rotatable bonds is 5. The van der Waals surface area contributed by atoms with Crippen LogP contribution >= 0.6 is 0 Å². The average Bonchev–Trinajstić information content (AvgIpc) is 2.79. The Morgan fingerprint density at radius 3 is 2.29 bits per heavy atom. The van der Waals surface area contributed by atoms with Gasteiger partial charge in [-0.3, -0.25) is 4.79 Å². The Bertz CT molecular complexity index is 1170. The molecule has 1 aliphatic heterocycles. The molecule has 0 aromatic heterocycles. The molecule has 3 aromatic rings. The van der Waals surface area contributed by atoms with E-state index in [2.05, 4.69) is 0 Å². The van der Waals surface area contributed by atoms with Crippen LogP contribution < -0.4 is 0 Å². The van der Waals surface area contributed by atoms with Crippen molar-refractivity contribution in [2.24, 2.45) is 0 Å². The summed E-state index contributed by atoms with van der Waals surface area (Å²) in [5.41, 5.74) is 3.73. The number of aryl methyl sites for hydroxylation is 1. The molecule has 1 aliphatic rings. The van der Waals surface area contributed by atoms with Gasteiger partial charge < -0.3 is 4.74 Å². The molecule has 0 saturated carbocycles. The van der Waals surface area contributed by atoms with Crippen molar-refractivity contribution >= 4 is 16.0 Å². The van der Waals surface area contributed by atoms with E-state index in [9.17, 15) is 13.2 Å². The molecule has 5 nitrogen and oxygen atoms in total. The van der Waals surface area contributed by atoms with Gasteiger partial charge in [0.1, 0.15) is 0 Å². The van der Waals surface area contributed by atoms with Gasteiger partial charge in [0.05, 0.1) is 24.5 Å². The van der Waals surface area contributed by atoms with E-state index >= 15 is 0 Å². The van der Waals surface area contributed by atoms with Gasteiger partial charge in [-0.15, -0.1) is 0 Å². The largest absolute Gasteiger partial charge is 0.469 e. The molecule has 0 bridgehead atoms. The van der Waals surface area contributed by atoms with E-state index in [-0.39, 0.29) is 29.7 Å². The van der Waals surface area contributed by atoms with E-state index in [1.54, 1.807) is 24.3 Å². The molecule has 0 unspecified atom stereocenters.